The lowest BCUT2D eigenvalue weighted by Gasteiger charge is -2.48. The largest absolute Gasteiger partial charge is 0.423 e. The molecule has 8 heteroatoms. The molecule has 0 aliphatic carbocycles. The van der Waals surface area contributed by atoms with Gasteiger partial charge in [0.1, 0.15) is 17.8 Å². The van der Waals surface area contributed by atoms with Crippen LogP contribution in [0.15, 0.2) is 63.8 Å². The van der Waals surface area contributed by atoms with Crippen LogP contribution >= 0.6 is 0 Å². The van der Waals surface area contributed by atoms with Gasteiger partial charge in [-0.3, -0.25) is 19.3 Å². The number of fused-ring (bicyclic) bond motifs is 4. The Morgan fingerprint density at radius 2 is 1.90 bits per heavy atom. The van der Waals surface area contributed by atoms with Crippen LogP contribution in [0.4, 0.5) is 11.4 Å². The Kier molecular flexibility index (Phi) is 4.18. The normalized spacial score (nSPS) is 20.0. The van der Waals surface area contributed by atoms with Crippen molar-refractivity contribution < 1.29 is 18.8 Å². The molecule has 31 heavy (non-hydrogen) atoms. The molecule has 1 atom stereocenters. The van der Waals surface area contributed by atoms with Crippen molar-refractivity contribution in [2.45, 2.75) is 25.4 Å². The number of hydrogen-bond acceptors (Lipinski definition) is 5. The van der Waals surface area contributed by atoms with Crippen LogP contribution in [0.5, 0.6) is 0 Å². The van der Waals surface area contributed by atoms with Gasteiger partial charge in [0.25, 0.3) is 5.91 Å². The van der Waals surface area contributed by atoms with Gasteiger partial charge in [-0.15, -0.1) is 0 Å². The maximum Gasteiger partial charge on any atom is 0.336 e. The smallest absolute Gasteiger partial charge is 0.336 e. The first-order chi connectivity index (χ1) is 14.9. The summed E-state index contributed by atoms with van der Waals surface area (Å²) >= 11 is 0. The summed E-state index contributed by atoms with van der Waals surface area (Å²) in [6, 6.07) is 14.8. The van der Waals surface area contributed by atoms with E-state index >= 15 is 0 Å². The quantitative estimate of drug-likeness (QED) is 0.661. The minimum absolute atomic E-state index is 0.0659. The molecule has 0 spiro atoms. The van der Waals surface area contributed by atoms with Crippen LogP contribution in [0, 0.1) is 0 Å². The molecule has 156 valence electrons. The van der Waals surface area contributed by atoms with Crippen molar-refractivity contribution in [3.05, 3.63) is 70.6 Å². The van der Waals surface area contributed by atoms with E-state index in [1.807, 2.05) is 6.92 Å². The fourth-order valence-electron chi connectivity index (χ4n) is 4.43. The molecule has 2 aromatic carbocycles. The maximum absolute atomic E-state index is 13.2. The predicted octanol–water partition coefficient (Wildman–Crippen LogP) is 2.73. The monoisotopic (exact) mass is 417 g/mol. The number of carbonyl (C=O) groups excluding carboxylic acids is 3. The molecule has 1 aromatic heterocycles. The summed E-state index contributed by atoms with van der Waals surface area (Å²) < 4.78 is 5.10. The van der Waals surface area contributed by atoms with E-state index in [1.165, 1.54) is 11.0 Å². The van der Waals surface area contributed by atoms with Crippen molar-refractivity contribution in [3.63, 3.8) is 0 Å². The molecule has 0 saturated carbocycles. The zero-order valence-electron chi connectivity index (χ0n) is 16.8. The van der Waals surface area contributed by atoms with E-state index in [0.29, 0.717) is 40.7 Å². The van der Waals surface area contributed by atoms with E-state index in [0.717, 1.165) is 0 Å². The summed E-state index contributed by atoms with van der Waals surface area (Å²) in [6.07, 6.45) is 0.764. The van der Waals surface area contributed by atoms with Crippen molar-refractivity contribution in [2.24, 2.45) is 0 Å². The maximum atomic E-state index is 13.2. The highest BCUT2D eigenvalue weighted by atomic mass is 16.4. The van der Waals surface area contributed by atoms with Crippen molar-refractivity contribution >= 4 is 40.1 Å². The molecule has 1 fully saturated rings. The van der Waals surface area contributed by atoms with Crippen LogP contribution in [0.2, 0.25) is 0 Å². The van der Waals surface area contributed by atoms with E-state index in [1.54, 1.807) is 53.4 Å². The zero-order valence-corrected chi connectivity index (χ0v) is 16.8. The van der Waals surface area contributed by atoms with Gasteiger partial charge in [-0.2, -0.15) is 0 Å². The summed E-state index contributed by atoms with van der Waals surface area (Å²) in [6.45, 7) is 1.62. The lowest BCUT2D eigenvalue weighted by atomic mass is 9.98. The number of amides is 3. The molecule has 0 bridgehead atoms. The van der Waals surface area contributed by atoms with Crippen LogP contribution in [0.1, 0.15) is 30.1 Å². The first-order valence-corrected chi connectivity index (χ1v) is 9.95. The van der Waals surface area contributed by atoms with Crippen molar-refractivity contribution in [1.29, 1.82) is 0 Å². The Labute approximate surface area is 177 Å². The Hall–Kier alpha value is -3.94. The molecule has 3 amide bonds. The number of rotatable bonds is 3. The number of benzene rings is 2. The summed E-state index contributed by atoms with van der Waals surface area (Å²) in [5, 5.41) is 3.46. The van der Waals surface area contributed by atoms with Crippen LogP contribution < -0.4 is 15.8 Å². The van der Waals surface area contributed by atoms with Crippen molar-refractivity contribution in [1.82, 2.24) is 4.90 Å². The molecule has 2 aliphatic heterocycles. The molecular weight excluding hydrogens is 398 g/mol. The number of anilines is 2. The second-order valence-corrected chi connectivity index (χ2v) is 7.91. The number of nitrogens with zero attached hydrogens (tertiary/aromatic N) is 2. The summed E-state index contributed by atoms with van der Waals surface area (Å²) in [7, 11) is 0. The second-order valence-electron chi connectivity index (χ2n) is 7.91. The van der Waals surface area contributed by atoms with Crippen LogP contribution in [0.25, 0.3) is 11.0 Å². The lowest BCUT2D eigenvalue weighted by molar-refractivity contribution is -0.120. The molecule has 1 saturated heterocycles. The molecule has 8 nitrogen and oxygen atoms in total. The first kappa shape index (κ1) is 19.0. The highest BCUT2D eigenvalue weighted by molar-refractivity contribution is 6.11. The zero-order chi connectivity index (χ0) is 21.8. The van der Waals surface area contributed by atoms with Gasteiger partial charge in [-0.1, -0.05) is 12.1 Å². The van der Waals surface area contributed by atoms with Gasteiger partial charge in [0.2, 0.25) is 11.8 Å². The predicted molar refractivity (Wildman–Crippen MR) is 114 cm³/mol. The summed E-state index contributed by atoms with van der Waals surface area (Å²) in [5.41, 5.74) is 0.583. The van der Waals surface area contributed by atoms with Gasteiger partial charge < -0.3 is 14.6 Å². The first-order valence-electron chi connectivity index (χ1n) is 9.95. The molecule has 1 N–H and O–H groups in total. The molecule has 0 radical (unpaired) electrons. The van der Waals surface area contributed by atoms with Crippen LogP contribution in [0.3, 0.4) is 0 Å². The van der Waals surface area contributed by atoms with Crippen molar-refractivity contribution in [2.75, 3.05) is 16.8 Å². The highest BCUT2D eigenvalue weighted by Crippen LogP contribution is 2.43. The van der Waals surface area contributed by atoms with Crippen LogP contribution in [-0.2, 0) is 9.59 Å². The molecule has 5 rings (SSSR count). The van der Waals surface area contributed by atoms with Gasteiger partial charge >= 0.3 is 5.63 Å². The summed E-state index contributed by atoms with van der Waals surface area (Å²) in [4.78, 5) is 53.1. The van der Waals surface area contributed by atoms with E-state index in [9.17, 15) is 19.2 Å². The lowest BCUT2D eigenvalue weighted by Crippen LogP contribution is -2.63. The topological polar surface area (TPSA) is 99.9 Å². The average molecular weight is 417 g/mol. The third-order valence-corrected chi connectivity index (χ3v) is 5.95. The Morgan fingerprint density at radius 1 is 1.10 bits per heavy atom. The third-order valence-electron chi connectivity index (χ3n) is 5.95. The average Bonchev–Trinajstić information content (AvgIpc) is 3.06. The van der Waals surface area contributed by atoms with E-state index in [4.69, 9.17) is 4.42 Å². The molecule has 3 heterocycles. The minimum atomic E-state index is -0.896. The van der Waals surface area contributed by atoms with Gasteiger partial charge in [0.05, 0.1) is 11.3 Å². The standard InChI is InChI=1S/C23H19N3O5/c1-23-11-10-20(28)26(23)17-5-3-2-4-16(17)22(30)25(23)13-19(27)24-15-7-8-18-14(12-15)6-9-21(29)31-18/h2-9,12H,10-11,13H2,1H3,(H,24,27). The second kappa shape index (κ2) is 6.80. The SMILES string of the molecule is CC12CCC(=O)N1c1ccccc1C(=O)N2CC(=O)Nc1ccc2oc(=O)ccc2c1. The third kappa shape index (κ3) is 2.99. The van der Waals surface area contributed by atoms with Gasteiger partial charge in [0.15, 0.2) is 0 Å². The van der Waals surface area contributed by atoms with Crippen molar-refractivity contribution in [3.8, 4) is 0 Å². The fourth-order valence-corrected chi connectivity index (χ4v) is 4.43. The Balaban J connectivity index is 1.43. The van der Waals surface area contributed by atoms with E-state index in [-0.39, 0.29) is 24.3 Å². The highest BCUT2D eigenvalue weighted by Gasteiger charge is 2.53. The number of carbonyl (C=O) groups is 3. The molecule has 2 aliphatic rings. The van der Waals surface area contributed by atoms with E-state index < -0.39 is 11.3 Å². The number of para-hydroxylation sites is 1. The molecule has 3 aromatic rings. The number of hydrogen-bond donors (Lipinski definition) is 1. The van der Waals surface area contributed by atoms with Gasteiger partial charge in [-0.05, 0) is 49.7 Å². The molecular formula is C23H19N3O5. The van der Waals surface area contributed by atoms with Crippen LogP contribution in [-0.4, -0.2) is 34.8 Å². The fraction of sp³-hybridized carbons (Fsp3) is 0.217. The Morgan fingerprint density at radius 3 is 2.74 bits per heavy atom. The van der Waals surface area contributed by atoms with Gasteiger partial charge in [-0.25, -0.2) is 4.79 Å². The van der Waals surface area contributed by atoms with Gasteiger partial charge in [0, 0.05) is 23.6 Å². The minimum Gasteiger partial charge on any atom is -0.423 e. The number of nitrogens with one attached hydrogen (secondary N) is 1. The molecule has 1 unspecified atom stereocenters. The van der Waals surface area contributed by atoms with E-state index in [2.05, 4.69) is 5.32 Å². The summed E-state index contributed by atoms with van der Waals surface area (Å²) in [5.74, 6) is -0.728. The Bertz CT molecular complexity index is 1310.